The van der Waals surface area contributed by atoms with Crippen molar-refractivity contribution in [3.8, 4) is 0 Å². The average Bonchev–Trinajstić information content (AvgIpc) is 2.32. The molecule has 0 aliphatic heterocycles. The van der Waals surface area contributed by atoms with E-state index in [0.29, 0.717) is 6.08 Å². The van der Waals surface area contributed by atoms with Crippen LogP contribution in [-0.4, -0.2) is 44.9 Å². The number of carbonyl (C=O) groups excluding carboxylic acids is 1. The maximum absolute atomic E-state index is 12.9. The summed E-state index contributed by atoms with van der Waals surface area (Å²) >= 11 is 0. The lowest BCUT2D eigenvalue weighted by atomic mass is 10.3. The first-order valence-corrected chi connectivity index (χ1v) is 6.30. The van der Waals surface area contributed by atoms with Gasteiger partial charge in [-0.15, -0.1) is 0 Å². The lowest BCUT2D eigenvalue weighted by Gasteiger charge is -2.27. The first-order valence-electron chi connectivity index (χ1n) is 4.81. The number of hydrogen-bond acceptors (Lipinski definition) is 4. The Morgan fingerprint density at radius 2 is 1.62 bits per heavy atom. The van der Waals surface area contributed by atoms with E-state index in [0.717, 1.165) is 4.72 Å². The lowest BCUT2D eigenvalue weighted by Crippen LogP contribution is -2.59. The normalized spacial score (nSPS) is 13.9. The molecule has 0 spiro atoms. The average molecular weight is 347 g/mol. The molecule has 0 amide bonds. The zero-order valence-electron chi connectivity index (χ0n) is 9.89. The van der Waals surface area contributed by atoms with Crippen LogP contribution in [0.4, 0.5) is 30.7 Å². The molecule has 0 aromatic carbocycles. The summed E-state index contributed by atoms with van der Waals surface area (Å²) in [7, 11) is -6.38. The summed E-state index contributed by atoms with van der Waals surface area (Å²) in [6, 6.07) is 0. The second-order valence-corrected chi connectivity index (χ2v) is 5.17. The molecule has 0 unspecified atom stereocenters. The van der Waals surface area contributed by atoms with E-state index in [2.05, 4.69) is 11.3 Å². The molecule has 13 heteroatoms. The fourth-order valence-electron chi connectivity index (χ4n) is 0.811. The topological polar surface area (TPSA) is 72.5 Å². The second-order valence-electron chi connectivity index (χ2n) is 3.36. The number of rotatable bonds is 7. The predicted molar refractivity (Wildman–Crippen MR) is 54.0 cm³/mol. The number of ether oxygens (including phenoxy) is 1. The van der Waals surface area contributed by atoms with Crippen LogP contribution in [-0.2, 0) is 19.6 Å². The minimum Gasteiger partial charge on any atom is -0.461 e. The molecule has 0 fully saturated rings. The number of alkyl halides is 7. The highest BCUT2D eigenvalue weighted by Crippen LogP contribution is 2.48. The van der Waals surface area contributed by atoms with Gasteiger partial charge < -0.3 is 4.74 Å². The molecule has 0 rings (SSSR count). The molecule has 0 atom stereocenters. The summed E-state index contributed by atoms with van der Waals surface area (Å²) in [6.07, 6.45) is -6.15. The quantitative estimate of drug-likeness (QED) is 0.327. The summed E-state index contributed by atoms with van der Waals surface area (Å²) in [4.78, 5) is 10.5. The van der Waals surface area contributed by atoms with Gasteiger partial charge in [-0.2, -0.15) is 30.7 Å². The van der Waals surface area contributed by atoms with Gasteiger partial charge in [0, 0.05) is 12.6 Å². The standard InChI is InChI=1S/C8H8F7NO4S/c1-2-5(17)20-4-3-16-21(18,19)8(14,15)6(9,10)7(11,12)13/h2,16H,1,3-4H2. The molecule has 0 radical (unpaired) electrons. The van der Waals surface area contributed by atoms with Crippen molar-refractivity contribution in [2.24, 2.45) is 0 Å². The van der Waals surface area contributed by atoms with Crippen LogP contribution in [0.5, 0.6) is 0 Å². The number of esters is 1. The van der Waals surface area contributed by atoms with E-state index in [9.17, 15) is 43.9 Å². The fraction of sp³-hybridized carbons (Fsp3) is 0.625. The molecular formula is C8H8F7NO4S. The maximum atomic E-state index is 12.9. The molecule has 0 saturated carbocycles. The molecule has 21 heavy (non-hydrogen) atoms. The Balaban J connectivity index is 4.98. The summed E-state index contributed by atoms with van der Waals surface area (Å²) in [6.45, 7) is 0.919. The highest BCUT2D eigenvalue weighted by Gasteiger charge is 2.78. The molecule has 5 nitrogen and oxygen atoms in total. The van der Waals surface area contributed by atoms with Gasteiger partial charge in [0.1, 0.15) is 6.61 Å². The molecule has 0 aliphatic rings. The fourth-order valence-corrected chi connectivity index (χ4v) is 1.80. The van der Waals surface area contributed by atoms with Gasteiger partial charge in [0.15, 0.2) is 0 Å². The van der Waals surface area contributed by atoms with Crippen LogP contribution in [0.1, 0.15) is 0 Å². The van der Waals surface area contributed by atoms with Crippen molar-refractivity contribution < 1.29 is 48.7 Å². The molecule has 0 aromatic heterocycles. The number of nitrogens with one attached hydrogen (secondary N) is 1. The molecule has 0 heterocycles. The van der Waals surface area contributed by atoms with Gasteiger partial charge in [-0.05, 0) is 0 Å². The number of carbonyl (C=O) groups is 1. The van der Waals surface area contributed by atoms with Gasteiger partial charge in [0.05, 0.1) is 0 Å². The number of hydrogen-bond donors (Lipinski definition) is 1. The number of halogens is 7. The van der Waals surface area contributed by atoms with Crippen molar-refractivity contribution in [2.45, 2.75) is 17.4 Å². The maximum Gasteiger partial charge on any atom is 0.461 e. The van der Waals surface area contributed by atoms with Gasteiger partial charge in [-0.25, -0.2) is 17.9 Å². The third-order valence-corrected chi connectivity index (χ3v) is 3.38. The summed E-state index contributed by atoms with van der Waals surface area (Å²) < 4.78 is 113. The van der Waals surface area contributed by atoms with Crippen LogP contribution in [0.15, 0.2) is 12.7 Å². The van der Waals surface area contributed by atoms with E-state index in [4.69, 9.17) is 0 Å². The van der Waals surface area contributed by atoms with Crippen molar-refractivity contribution >= 4 is 16.0 Å². The smallest absolute Gasteiger partial charge is 0.461 e. The SMILES string of the molecule is C=CC(=O)OCCNS(=O)(=O)C(F)(F)C(F)(F)C(F)(F)F. The first-order chi connectivity index (χ1) is 9.20. The van der Waals surface area contributed by atoms with Gasteiger partial charge in [0.2, 0.25) is 0 Å². The predicted octanol–water partition coefficient (Wildman–Crippen LogP) is 1.43. The third-order valence-electron chi connectivity index (χ3n) is 1.86. The second kappa shape index (κ2) is 6.17. The summed E-state index contributed by atoms with van der Waals surface area (Å²) in [5, 5.41) is -6.44. The van der Waals surface area contributed by atoms with Crippen LogP contribution < -0.4 is 4.72 Å². The van der Waals surface area contributed by atoms with Crippen molar-refractivity contribution in [3.05, 3.63) is 12.7 Å². The van der Waals surface area contributed by atoms with Gasteiger partial charge in [-0.3, -0.25) is 0 Å². The molecule has 0 saturated heterocycles. The minimum absolute atomic E-state index is 0.626. The van der Waals surface area contributed by atoms with Gasteiger partial charge >= 0.3 is 23.3 Å². The largest absolute Gasteiger partial charge is 0.461 e. The molecule has 124 valence electrons. The van der Waals surface area contributed by atoms with E-state index in [1.807, 2.05) is 0 Å². The van der Waals surface area contributed by atoms with Crippen LogP contribution in [0.2, 0.25) is 0 Å². The van der Waals surface area contributed by atoms with E-state index in [1.165, 1.54) is 0 Å². The highest BCUT2D eigenvalue weighted by molar-refractivity contribution is 7.90. The lowest BCUT2D eigenvalue weighted by molar-refractivity contribution is -0.332. The van der Waals surface area contributed by atoms with Crippen molar-refractivity contribution in [1.29, 1.82) is 0 Å². The minimum atomic E-state index is -6.80. The van der Waals surface area contributed by atoms with Gasteiger partial charge in [0.25, 0.3) is 10.0 Å². The molecule has 0 aliphatic carbocycles. The number of sulfonamides is 1. The molecular weight excluding hydrogens is 339 g/mol. The zero-order valence-corrected chi connectivity index (χ0v) is 10.7. The summed E-state index contributed by atoms with van der Waals surface area (Å²) in [5.41, 5.74) is 0. The van der Waals surface area contributed by atoms with Gasteiger partial charge in [-0.1, -0.05) is 6.58 Å². The Hall–Kier alpha value is -1.37. The van der Waals surface area contributed by atoms with Crippen LogP contribution >= 0.6 is 0 Å². The van der Waals surface area contributed by atoms with Crippen molar-refractivity contribution in [1.82, 2.24) is 4.72 Å². The Bertz CT molecular complexity index is 499. The summed E-state index contributed by atoms with van der Waals surface area (Å²) in [5.74, 6) is -7.88. The zero-order chi connectivity index (χ0) is 17.1. The van der Waals surface area contributed by atoms with Crippen molar-refractivity contribution in [2.75, 3.05) is 13.2 Å². The van der Waals surface area contributed by atoms with Crippen LogP contribution in [0.25, 0.3) is 0 Å². The van der Waals surface area contributed by atoms with E-state index < -0.39 is 46.5 Å². The van der Waals surface area contributed by atoms with E-state index in [-0.39, 0.29) is 0 Å². The molecule has 1 N–H and O–H groups in total. The Morgan fingerprint density at radius 1 is 1.14 bits per heavy atom. The highest BCUT2D eigenvalue weighted by atomic mass is 32.2. The first kappa shape index (κ1) is 19.6. The Labute approximate surface area is 113 Å². The monoisotopic (exact) mass is 347 g/mol. The Kier molecular flexibility index (Phi) is 5.77. The molecule has 0 aromatic rings. The van der Waals surface area contributed by atoms with E-state index in [1.54, 1.807) is 0 Å². The van der Waals surface area contributed by atoms with Crippen LogP contribution in [0.3, 0.4) is 0 Å². The van der Waals surface area contributed by atoms with Crippen LogP contribution in [0, 0.1) is 0 Å². The Morgan fingerprint density at radius 3 is 2.00 bits per heavy atom. The van der Waals surface area contributed by atoms with E-state index >= 15 is 0 Å². The third kappa shape index (κ3) is 4.06. The molecule has 0 bridgehead atoms. The van der Waals surface area contributed by atoms with Crippen molar-refractivity contribution in [3.63, 3.8) is 0 Å².